The van der Waals surface area contributed by atoms with Crippen LogP contribution < -0.4 is 0 Å². The van der Waals surface area contributed by atoms with Crippen LogP contribution in [-0.4, -0.2) is 83.0 Å². The molecule has 0 aliphatic heterocycles. The second kappa shape index (κ2) is 11.3. The van der Waals surface area contributed by atoms with E-state index in [0.717, 1.165) is 12.2 Å². The van der Waals surface area contributed by atoms with Gasteiger partial charge >= 0.3 is 11.9 Å². The number of esters is 2. The number of carbonyl (C=O) groups is 2. The zero-order valence-electron chi connectivity index (χ0n) is 19.2. The van der Waals surface area contributed by atoms with Gasteiger partial charge in [-0.25, -0.2) is 9.59 Å². The number of hydrogen-bond acceptors (Lipinski definition) is 12. The third kappa shape index (κ3) is 6.98. The summed E-state index contributed by atoms with van der Waals surface area (Å²) in [7, 11) is 0. The van der Waals surface area contributed by atoms with E-state index in [4.69, 9.17) is 9.47 Å². The van der Waals surface area contributed by atoms with E-state index in [1.54, 1.807) is 0 Å². The van der Waals surface area contributed by atoms with Gasteiger partial charge in [0.25, 0.3) is 0 Å². The molecule has 12 nitrogen and oxygen atoms in total. The van der Waals surface area contributed by atoms with Gasteiger partial charge in [0.2, 0.25) is 0 Å². The van der Waals surface area contributed by atoms with Crippen molar-refractivity contribution in [2.24, 2.45) is 0 Å². The zero-order valence-corrected chi connectivity index (χ0v) is 19.2. The summed E-state index contributed by atoms with van der Waals surface area (Å²) in [6.45, 7) is 0. The summed E-state index contributed by atoms with van der Waals surface area (Å²) in [5.41, 5.74) is -1.62. The van der Waals surface area contributed by atoms with E-state index in [9.17, 15) is 50.4 Å². The van der Waals surface area contributed by atoms with Gasteiger partial charge in [0.15, 0.2) is 29.3 Å². The van der Waals surface area contributed by atoms with Crippen LogP contribution in [0, 0.1) is 0 Å². The summed E-state index contributed by atoms with van der Waals surface area (Å²) < 4.78 is 10.3. The lowest BCUT2D eigenvalue weighted by Gasteiger charge is -2.43. The van der Waals surface area contributed by atoms with Crippen LogP contribution in [0.2, 0.25) is 0 Å². The predicted octanol–water partition coefficient (Wildman–Crippen LogP) is 0.256. The predicted molar refractivity (Wildman–Crippen MR) is 126 cm³/mol. The Hall–Kier alpha value is -4.10. The third-order valence-electron chi connectivity index (χ3n) is 5.71. The van der Waals surface area contributed by atoms with Crippen LogP contribution in [0.15, 0.2) is 48.6 Å². The van der Waals surface area contributed by atoms with Gasteiger partial charge in [0.05, 0.1) is 0 Å². The number of hydrogen-bond donors (Lipinski definition) is 8. The number of phenols is 4. The van der Waals surface area contributed by atoms with Gasteiger partial charge in [-0.3, -0.25) is 0 Å². The molecular formula is C25H26O12. The fraction of sp³-hybridized carbons (Fsp3) is 0.280. The highest BCUT2D eigenvalue weighted by Gasteiger charge is 2.51. The fourth-order valence-corrected chi connectivity index (χ4v) is 3.69. The van der Waals surface area contributed by atoms with Crippen molar-refractivity contribution in [1.82, 2.24) is 0 Å². The summed E-state index contributed by atoms with van der Waals surface area (Å²) in [5, 5.41) is 78.3. The molecule has 0 amide bonds. The molecule has 0 unspecified atom stereocenters. The number of carbonyl (C=O) groups excluding carboxylic acids is 2. The van der Waals surface area contributed by atoms with Crippen molar-refractivity contribution < 1.29 is 59.9 Å². The number of benzene rings is 2. The van der Waals surface area contributed by atoms with Gasteiger partial charge in [-0.05, 0) is 47.5 Å². The van der Waals surface area contributed by atoms with E-state index in [1.807, 2.05) is 0 Å². The van der Waals surface area contributed by atoms with E-state index >= 15 is 0 Å². The highest BCUT2D eigenvalue weighted by Crippen LogP contribution is 2.35. The number of aliphatic hydroxyl groups is 4. The fourth-order valence-electron chi connectivity index (χ4n) is 3.69. The monoisotopic (exact) mass is 518 g/mol. The zero-order chi connectivity index (χ0) is 27.3. The number of aromatic hydroxyl groups is 4. The molecule has 0 heterocycles. The van der Waals surface area contributed by atoms with E-state index in [1.165, 1.54) is 48.6 Å². The van der Waals surface area contributed by atoms with Crippen LogP contribution in [0.3, 0.4) is 0 Å². The first-order chi connectivity index (χ1) is 17.4. The van der Waals surface area contributed by atoms with E-state index in [0.29, 0.717) is 11.1 Å². The molecule has 0 radical (unpaired) electrons. The molecule has 12 heteroatoms. The van der Waals surface area contributed by atoms with Crippen molar-refractivity contribution in [1.29, 1.82) is 0 Å². The molecule has 1 fully saturated rings. The molecule has 2 atom stereocenters. The second-order valence-electron chi connectivity index (χ2n) is 8.49. The Morgan fingerprint density at radius 3 is 1.54 bits per heavy atom. The third-order valence-corrected chi connectivity index (χ3v) is 5.71. The maximum absolute atomic E-state index is 12.3. The number of phenolic OH excluding ortho intramolecular Hbond substituents is 4. The van der Waals surface area contributed by atoms with Crippen molar-refractivity contribution in [3.05, 3.63) is 59.7 Å². The average Bonchev–Trinajstić information content (AvgIpc) is 2.83. The van der Waals surface area contributed by atoms with Crippen LogP contribution >= 0.6 is 0 Å². The molecule has 37 heavy (non-hydrogen) atoms. The summed E-state index contributed by atoms with van der Waals surface area (Å²) in [5.74, 6) is -3.54. The molecule has 1 aliphatic rings. The van der Waals surface area contributed by atoms with Gasteiger partial charge < -0.3 is 50.3 Å². The number of rotatable bonds is 7. The normalized spacial score (nSPS) is 24.0. The topological polar surface area (TPSA) is 214 Å². The molecular weight excluding hydrogens is 492 g/mol. The van der Waals surface area contributed by atoms with Gasteiger partial charge in [-0.15, -0.1) is 0 Å². The first kappa shape index (κ1) is 27.5. The van der Waals surface area contributed by atoms with Crippen molar-refractivity contribution in [2.45, 2.75) is 43.0 Å². The quantitative estimate of drug-likeness (QED) is 0.107. The molecule has 1 saturated carbocycles. The molecule has 0 saturated heterocycles. The standard InChI is InChI=1S/C25H26O12/c26-15-5-1-13(9-17(15)28)3-7-21(30)36-19-11-25(35,24(33)34)12-20(23(19)32)37-22(31)8-4-14-2-6-16(27)18(29)10-14/h1-10,19-20,23-24,26-29,32-35H,11-12H2/t19-,20-,23?,25?/m1/s1. The minimum atomic E-state index is -2.31. The van der Waals surface area contributed by atoms with Crippen molar-refractivity contribution in [3.8, 4) is 23.0 Å². The van der Waals surface area contributed by atoms with Crippen LogP contribution in [0.25, 0.3) is 12.2 Å². The van der Waals surface area contributed by atoms with Crippen LogP contribution in [0.4, 0.5) is 0 Å². The summed E-state index contributed by atoms with van der Waals surface area (Å²) in [6, 6.07) is 7.56. The summed E-state index contributed by atoms with van der Waals surface area (Å²) >= 11 is 0. The largest absolute Gasteiger partial charge is 0.504 e. The molecule has 0 spiro atoms. The Balaban J connectivity index is 1.70. The van der Waals surface area contributed by atoms with Crippen LogP contribution in [-0.2, 0) is 19.1 Å². The summed E-state index contributed by atoms with van der Waals surface area (Å²) in [4.78, 5) is 24.6. The second-order valence-corrected chi connectivity index (χ2v) is 8.49. The highest BCUT2D eigenvalue weighted by atomic mass is 16.6. The van der Waals surface area contributed by atoms with E-state index in [-0.39, 0.29) is 11.5 Å². The van der Waals surface area contributed by atoms with Crippen molar-refractivity contribution >= 4 is 24.1 Å². The molecule has 0 bridgehead atoms. The Morgan fingerprint density at radius 2 is 1.19 bits per heavy atom. The minimum Gasteiger partial charge on any atom is -0.504 e. The first-order valence-corrected chi connectivity index (χ1v) is 11.0. The lowest BCUT2D eigenvalue weighted by Crippen LogP contribution is -2.59. The molecule has 1 aliphatic carbocycles. The Bertz CT molecular complexity index is 1120. The Morgan fingerprint density at radius 1 is 0.784 bits per heavy atom. The highest BCUT2D eigenvalue weighted by molar-refractivity contribution is 5.88. The van der Waals surface area contributed by atoms with Gasteiger partial charge in [0.1, 0.15) is 23.9 Å². The molecule has 198 valence electrons. The van der Waals surface area contributed by atoms with Crippen LogP contribution in [0.1, 0.15) is 24.0 Å². The smallest absolute Gasteiger partial charge is 0.331 e. The maximum atomic E-state index is 12.3. The molecule has 8 N–H and O–H groups in total. The molecule has 2 aromatic carbocycles. The van der Waals surface area contributed by atoms with E-state index < -0.39 is 66.5 Å². The number of aliphatic hydroxyl groups excluding tert-OH is 2. The van der Waals surface area contributed by atoms with Gasteiger partial charge in [-0.2, -0.15) is 0 Å². The SMILES string of the molecule is O=C(C=Cc1ccc(O)c(O)c1)O[C@@H]1CC(O)(C(O)O)C[C@@H](OC(=O)C=Cc2ccc(O)c(O)c2)C1O. The van der Waals surface area contributed by atoms with E-state index in [2.05, 4.69) is 0 Å². The first-order valence-electron chi connectivity index (χ1n) is 11.0. The lowest BCUT2D eigenvalue weighted by atomic mass is 9.79. The number of ether oxygens (including phenoxy) is 2. The maximum Gasteiger partial charge on any atom is 0.331 e. The molecule has 0 aromatic heterocycles. The minimum absolute atomic E-state index is 0.333. The summed E-state index contributed by atoms with van der Waals surface area (Å²) in [6.07, 6.45) is -3.73. The van der Waals surface area contributed by atoms with Gasteiger partial charge in [-0.1, -0.05) is 12.1 Å². The molecule has 3 rings (SSSR count). The van der Waals surface area contributed by atoms with Crippen LogP contribution in [0.5, 0.6) is 23.0 Å². The van der Waals surface area contributed by atoms with Crippen molar-refractivity contribution in [2.75, 3.05) is 0 Å². The van der Waals surface area contributed by atoms with Crippen molar-refractivity contribution in [3.63, 3.8) is 0 Å². The van der Waals surface area contributed by atoms with Gasteiger partial charge in [0, 0.05) is 25.0 Å². The lowest BCUT2D eigenvalue weighted by molar-refractivity contribution is -0.246. The Kier molecular flexibility index (Phi) is 8.40. The molecule has 2 aromatic rings. The Labute approximate surface area is 210 Å². The average molecular weight is 518 g/mol.